The second kappa shape index (κ2) is 9.00. The molecule has 0 saturated carbocycles. The number of hydrogen-bond acceptors (Lipinski definition) is 3. The fourth-order valence-corrected chi connectivity index (χ4v) is 3.55. The molecule has 0 N–H and O–H groups in total. The Morgan fingerprint density at radius 1 is 1.11 bits per heavy atom. The molecule has 1 heterocycles. The molecule has 0 spiro atoms. The number of benzene rings is 2. The van der Waals surface area contributed by atoms with Crippen molar-refractivity contribution in [3.05, 3.63) is 65.5 Å². The lowest BCUT2D eigenvalue weighted by Crippen LogP contribution is -2.41. The summed E-state index contributed by atoms with van der Waals surface area (Å²) < 4.78 is 18.5. The summed E-state index contributed by atoms with van der Waals surface area (Å²) in [5, 5.41) is 0. The average molecular weight is 370 g/mol. The van der Waals surface area contributed by atoms with E-state index in [-0.39, 0.29) is 24.4 Å². The van der Waals surface area contributed by atoms with Crippen LogP contribution >= 0.6 is 0 Å². The first-order chi connectivity index (χ1) is 13.0. The van der Waals surface area contributed by atoms with Gasteiger partial charge in [0, 0.05) is 13.1 Å². The summed E-state index contributed by atoms with van der Waals surface area (Å²) in [7, 11) is 4.10. The maximum absolute atomic E-state index is 13.0. The average Bonchev–Trinajstić information content (AvgIpc) is 2.67. The zero-order valence-electron chi connectivity index (χ0n) is 16.0. The first-order valence-corrected chi connectivity index (χ1v) is 9.44. The quantitative estimate of drug-likeness (QED) is 0.770. The van der Waals surface area contributed by atoms with Gasteiger partial charge in [0.2, 0.25) is 0 Å². The van der Waals surface area contributed by atoms with Gasteiger partial charge in [-0.25, -0.2) is 4.39 Å². The molecule has 0 radical (unpaired) electrons. The number of rotatable bonds is 6. The highest BCUT2D eigenvalue weighted by atomic mass is 19.1. The third kappa shape index (κ3) is 5.30. The van der Waals surface area contributed by atoms with Gasteiger partial charge in [-0.1, -0.05) is 24.3 Å². The summed E-state index contributed by atoms with van der Waals surface area (Å²) in [6, 6.07) is 14.4. The molecular weight excluding hydrogens is 343 g/mol. The van der Waals surface area contributed by atoms with Gasteiger partial charge in [-0.15, -0.1) is 0 Å². The number of ether oxygens (including phenoxy) is 1. The highest BCUT2D eigenvalue weighted by Crippen LogP contribution is 2.31. The lowest BCUT2D eigenvalue weighted by molar-refractivity contribution is -0.137. The molecule has 0 unspecified atom stereocenters. The van der Waals surface area contributed by atoms with E-state index in [1.807, 2.05) is 4.90 Å². The molecule has 1 amide bonds. The van der Waals surface area contributed by atoms with Crippen molar-refractivity contribution in [2.75, 3.05) is 27.2 Å². The lowest BCUT2D eigenvalue weighted by Gasteiger charge is -2.36. The van der Waals surface area contributed by atoms with Crippen molar-refractivity contribution in [1.29, 1.82) is 0 Å². The fourth-order valence-electron chi connectivity index (χ4n) is 3.55. The Balaban J connectivity index is 1.65. The summed E-state index contributed by atoms with van der Waals surface area (Å²) in [5.74, 6) is 0.162. The number of hydrogen-bond donors (Lipinski definition) is 0. The summed E-state index contributed by atoms with van der Waals surface area (Å²) >= 11 is 0. The van der Waals surface area contributed by atoms with Crippen molar-refractivity contribution in [3.63, 3.8) is 0 Å². The molecule has 0 aliphatic carbocycles. The molecule has 0 bridgehead atoms. The van der Waals surface area contributed by atoms with Crippen molar-refractivity contribution < 1.29 is 13.9 Å². The van der Waals surface area contributed by atoms with Crippen LogP contribution in [0.1, 0.15) is 36.4 Å². The van der Waals surface area contributed by atoms with Gasteiger partial charge in [0.1, 0.15) is 11.6 Å². The van der Waals surface area contributed by atoms with Gasteiger partial charge in [0.25, 0.3) is 5.91 Å². The number of carbonyl (C=O) groups excluding carboxylic acids is 1. The molecule has 1 saturated heterocycles. The molecule has 1 atom stereocenters. The Labute approximate surface area is 160 Å². The number of halogens is 1. The molecule has 1 aliphatic rings. The van der Waals surface area contributed by atoms with Crippen LogP contribution < -0.4 is 4.74 Å². The zero-order chi connectivity index (χ0) is 19.2. The van der Waals surface area contributed by atoms with Crippen LogP contribution in [-0.4, -0.2) is 43.0 Å². The van der Waals surface area contributed by atoms with E-state index in [1.54, 1.807) is 12.1 Å². The first kappa shape index (κ1) is 19.4. The molecule has 2 aromatic rings. The second-order valence-corrected chi connectivity index (χ2v) is 7.32. The number of piperidine rings is 1. The summed E-state index contributed by atoms with van der Waals surface area (Å²) in [6.07, 6.45) is 3.10. The summed E-state index contributed by atoms with van der Waals surface area (Å²) in [6.45, 7) is 1.62. The van der Waals surface area contributed by atoms with Crippen LogP contribution in [0.3, 0.4) is 0 Å². The van der Waals surface area contributed by atoms with E-state index >= 15 is 0 Å². The minimum Gasteiger partial charge on any atom is -0.484 e. The standard InChI is InChI=1S/C22H27FN2O2/c1-24(2)15-17-6-8-18(9-7-17)21-5-3-4-14-25(21)22(26)16-27-20-12-10-19(23)11-13-20/h6-13,21H,3-5,14-16H2,1-2H3/t21-/m0/s1. The Bertz CT molecular complexity index is 744. The monoisotopic (exact) mass is 370 g/mol. The number of carbonyl (C=O) groups is 1. The minimum atomic E-state index is -0.317. The van der Waals surface area contributed by atoms with Crippen molar-refractivity contribution in [1.82, 2.24) is 9.80 Å². The summed E-state index contributed by atoms with van der Waals surface area (Å²) in [5.41, 5.74) is 2.43. The Hall–Kier alpha value is -2.40. The molecular formula is C22H27FN2O2. The molecule has 5 heteroatoms. The van der Waals surface area contributed by atoms with Crippen molar-refractivity contribution in [3.8, 4) is 5.75 Å². The predicted molar refractivity (Wildman–Crippen MR) is 104 cm³/mol. The van der Waals surface area contributed by atoms with Crippen molar-refractivity contribution in [2.45, 2.75) is 31.8 Å². The normalized spacial score (nSPS) is 17.2. The predicted octanol–water partition coefficient (Wildman–Crippen LogP) is 4.02. The van der Waals surface area contributed by atoms with Crippen LogP contribution in [0, 0.1) is 5.82 Å². The van der Waals surface area contributed by atoms with Gasteiger partial charge in [-0.2, -0.15) is 0 Å². The fraction of sp³-hybridized carbons (Fsp3) is 0.409. The molecule has 1 aliphatic heterocycles. The van der Waals surface area contributed by atoms with Crippen molar-refractivity contribution >= 4 is 5.91 Å². The maximum atomic E-state index is 13.0. The summed E-state index contributed by atoms with van der Waals surface area (Å²) in [4.78, 5) is 16.8. The van der Waals surface area contributed by atoms with Gasteiger partial charge in [-0.05, 0) is 68.8 Å². The van der Waals surface area contributed by atoms with Crippen LogP contribution in [0.15, 0.2) is 48.5 Å². The molecule has 4 nitrogen and oxygen atoms in total. The van der Waals surface area contributed by atoms with Crippen LogP contribution in [0.2, 0.25) is 0 Å². The minimum absolute atomic E-state index is 0.0265. The van der Waals surface area contributed by atoms with Crippen LogP contribution in [0.4, 0.5) is 4.39 Å². The third-order valence-electron chi connectivity index (χ3n) is 4.86. The SMILES string of the molecule is CN(C)Cc1ccc([C@@H]2CCCCN2C(=O)COc2ccc(F)cc2)cc1. The molecule has 3 rings (SSSR count). The van der Waals surface area contributed by atoms with Gasteiger partial charge >= 0.3 is 0 Å². The smallest absolute Gasteiger partial charge is 0.261 e. The van der Waals surface area contributed by atoms with E-state index in [0.717, 1.165) is 32.4 Å². The molecule has 0 aromatic heterocycles. The second-order valence-electron chi connectivity index (χ2n) is 7.32. The van der Waals surface area contributed by atoms with E-state index < -0.39 is 0 Å². The molecule has 2 aromatic carbocycles. The van der Waals surface area contributed by atoms with E-state index in [9.17, 15) is 9.18 Å². The van der Waals surface area contributed by atoms with Crippen LogP contribution in [0.25, 0.3) is 0 Å². The highest BCUT2D eigenvalue weighted by molar-refractivity contribution is 5.78. The lowest BCUT2D eigenvalue weighted by atomic mass is 9.94. The Morgan fingerprint density at radius 2 is 1.81 bits per heavy atom. The largest absolute Gasteiger partial charge is 0.484 e. The van der Waals surface area contributed by atoms with E-state index in [4.69, 9.17) is 4.74 Å². The Morgan fingerprint density at radius 3 is 2.48 bits per heavy atom. The van der Waals surface area contributed by atoms with E-state index in [2.05, 4.69) is 43.3 Å². The maximum Gasteiger partial charge on any atom is 0.261 e. The topological polar surface area (TPSA) is 32.8 Å². The molecule has 144 valence electrons. The van der Waals surface area contributed by atoms with Crippen LogP contribution in [-0.2, 0) is 11.3 Å². The van der Waals surface area contributed by atoms with Gasteiger partial charge in [0.05, 0.1) is 6.04 Å². The molecule has 27 heavy (non-hydrogen) atoms. The van der Waals surface area contributed by atoms with E-state index in [1.165, 1.54) is 23.3 Å². The zero-order valence-corrected chi connectivity index (χ0v) is 16.0. The molecule has 1 fully saturated rings. The van der Waals surface area contributed by atoms with Gasteiger partial charge in [0.15, 0.2) is 6.61 Å². The number of nitrogens with zero attached hydrogens (tertiary/aromatic N) is 2. The van der Waals surface area contributed by atoms with Crippen LogP contribution in [0.5, 0.6) is 5.75 Å². The Kier molecular flexibility index (Phi) is 6.45. The number of likely N-dealkylation sites (tertiary alicyclic amines) is 1. The van der Waals surface area contributed by atoms with Gasteiger partial charge < -0.3 is 14.5 Å². The van der Waals surface area contributed by atoms with E-state index in [0.29, 0.717) is 5.75 Å². The first-order valence-electron chi connectivity index (χ1n) is 9.44. The van der Waals surface area contributed by atoms with Gasteiger partial charge in [-0.3, -0.25) is 4.79 Å². The highest BCUT2D eigenvalue weighted by Gasteiger charge is 2.28. The van der Waals surface area contributed by atoms with Crippen molar-refractivity contribution in [2.24, 2.45) is 0 Å². The third-order valence-corrected chi connectivity index (χ3v) is 4.86. The number of amides is 1.